The molecule has 1 aliphatic carbocycles. The zero-order chi connectivity index (χ0) is 20.3. The van der Waals surface area contributed by atoms with Gasteiger partial charge < -0.3 is 5.32 Å². The van der Waals surface area contributed by atoms with E-state index in [0.29, 0.717) is 28.1 Å². The van der Waals surface area contributed by atoms with Crippen molar-refractivity contribution in [3.63, 3.8) is 0 Å². The number of hydrogen-bond donors (Lipinski definition) is 2. The molecule has 28 heavy (non-hydrogen) atoms. The van der Waals surface area contributed by atoms with Crippen molar-refractivity contribution in [2.24, 2.45) is 11.8 Å². The number of nitrogens with one attached hydrogen (secondary N) is 2. The minimum atomic E-state index is -3.74. The Morgan fingerprint density at radius 3 is 2.29 bits per heavy atom. The number of halogens is 1. The summed E-state index contributed by atoms with van der Waals surface area (Å²) in [5.74, 6) is 0.854. The highest BCUT2D eigenvalue weighted by Crippen LogP contribution is 2.29. The maximum absolute atomic E-state index is 12.6. The zero-order valence-corrected chi connectivity index (χ0v) is 17.6. The van der Waals surface area contributed by atoms with Crippen LogP contribution in [0.3, 0.4) is 0 Å². The quantitative estimate of drug-likeness (QED) is 0.736. The Balaban J connectivity index is 1.68. The van der Waals surface area contributed by atoms with Crippen LogP contribution in [0, 0.1) is 11.8 Å². The highest BCUT2D eigenvalue weighted by molar-refractivity contribution is 7.92. The third kappa shape index (κ3) is 4.86. The molecule has 0 bridgehead atoms. The first-order chi connectivity index (χ1) is 13.3. The van der Waals surface area contributed by atoms with Crippen molar-refractivity contribution in [3.8, 4) is 0 Å². The number of hydrogen-bond acceptors (Lipinski definition) is 3. The van der Waals surface area contributed by atoms with Crippen LogP contribution in [0.4, 0.5) is 5.69 Å². The third-order valence-corrected chi connectivity index (χ3v) is 7.20. The standard InChI is InChI=1S/C21H25ClN2O3S/c1-14-4-3-5-20(15(14)2)23-21(25)16-6-12-19(13-7-16)28(26,27)24-18-10-8-17(22)9-11-18/h6-15,20,24H,3-5H2,1-2H3,(H,23,25)/t14-,15+,20-/m0/s1. The van der Waals surface area contributed by atoms with Gasteiger partial charge in [-0.2, -0.15) is 0 Å². The minimum absolute atomic E-state index is 0.0960. The highest BCUT2D eigenvalue weighted by atomic mass is 35.5. The third-order valence-electron chi connectivity index (χ3n) is 5.55. The summed E-state index contributed by atoms with van der Waals surface area (Å²) in [6.45, 7) is 4.39. The van der Waals surface area contributed by atoms with Gasteiger partial charge in [-0.25, -0.2) is 8.42 Å². The average molecular weight is 421 g/mol. The van der Waals surface area contributed by atoms with Gasteiger partial charge in [0, 0.05) is 22.3 Å². The summed E-state index contributed by atoms with van der Waals surface area (Å²) in [7, 11) is -3.74. The van der Waals surface area contributed by atoms with Crippen LogP contribution < -0.4 is 10.0 Å². The first-order valence-corrected chi connectivity index (χ1v) is 11.3. The molecule has 2 N–H and O–H groups in total. The van der Waals surface area contributed by atoms with Gasteiger partial charge in [0.1, 0.15) is 0 Å². The van der Waals surface area contributed by atoms with Crippen LogP contribution in [-0.4, -0.2) is 20.4 Å². The van der Waals surface area contributed by atoms with Gasteiger partial charge in [-0.3, -0.25) is 9.52 Å². The summed E-state index contributed by atoms with van der Waals surface area (Å²) in [5.41, 5.74) is 0.877. The van der Waals surface area contributed by atoms with E-state index in [2.05, 4.69) is 23.9 Å². The number of carbonyl (C=O) groups is 1. The smallest absolute Gasteiger partial charge is 0.261 e. The molecule has 1 fully saturated rings. The maximum atomic E-state index is 12.6. The van der Waals surface area contributed by atoms with Gasteiger partial charge in [0.2, 0.25) is 0 Å². The van der Waals surface area contributed by atoms with Crippen LogP contribution in [0.25, 0.3) is 0 Å². The Morgan fingerprint density at radius 2 is 1.64 bits per heavy atom. The highest BCUT2D eigenvalue weighted by Gasteiger charge is 2.28. The Labute approximate surface area is 171 Å². The van der Waals surface area contributed by atoms with Crippen LogP contribution in [0.5, 0.6) is 0 Å². The lowest BCUT2D eigenvalue weighted by atomic mass is 9.78. The lowest BCUT2D eigenvalue weighted by molar-refractivity contribution is 0.0891. The van der Waals surface area contributed by atoms with E-state index in [1.165, 1.54) is 18.6 Å². The van der Waals surface area contributed by atoms with E-state index in [1.807, 2.05) is 0 Å². The van der Waals surface area contributed by atoms with Crippen molar-refractivity contribution in [1.29, 1.82) is 0 Å². The van der Waals surface area contributed by atoms with Gasteiger partial charge >= 0.3 is 0 Å². The Morgan fingerprint density at radius 1 is 1.00 bits per heavy atom. The molecule has 3 atom stereocenters. The molecule has 150 valence electrons. The second-order valence-electron chi connectivity index (χ2n) is 7.48. The molecular formula is C21H25ClN2O3S. The van der Waals surface area contributed by atoms with E-state index in [4.69, 9.17) is 11.6 Å². The first kappa shape index (κ1) is 20.7. The van der Waals surface area contributed by atoms with Gasteiger partial charge in [-0.1, -0.05) is 38.3 Å². The first-order valence-electron chi connectivity index (χ1n) is 9.45. The van der Waals surface area contributed by atoms with E-state index in [9.17, 15) is 13.2 Å². The van der Waals surface area contributed by atoms with E-state index >= 15 is 0 Å². The minimum Gasteiger partial charge on any atom is -0.349 e. The molecule has 1 amide bonds. The van der Waals surface area contributed by atoms with Gasteiger partial charge in [-0.15, -0.1) is 0 Å². The monoisotopic (exact) mass is 420 g/mol. The van der Waals surface area contributed by atoms with Gasteiger partial charge in [0.25, 0.3) is 15.9 Å². The Hall–Kier alpha value is -2.05. The molecule has 0 aromatic heterocycles. The van der Waals surface area contributed by atoms with Crippen molar-refractivity contribution in [2.75, 3.05) is 4.72 Å². The summed E-state index contributed by atoms with van der Waals surface area (Å²) in [5, 5.41) is 3.63. The summed E-state index contributed by atoms with van der Waals surface area (Å²) < 4.78 is 27.5. The van der Waals surface area contributed by atoms with Crippen molar-refractivity contribution < 1.29 is 13.2 Å². The summed E-state index contributed by atoms with van der Waals surface area (Å²) in [6.07, 6.45) is 3.29. The molecule has 0 unspecified atom stereocenters. The topological polar surface area (TPSA) is 75.3 Å². The normalized spacial score (nSPS) is 22.5. The van der Waals surface area contributed by atoms with Gasteiger partial charge in [-0.05, 0) is 66.8 Å². The lowest BCUT2D eigenvalue weighted by Gasteiger charge is -2.34. The predicted molar refractivity (Wildman–Crippen MR) is 112 cm³/mol. The molecule has 0 aliphatic heterocycles. The van der Waals surface area contributed by atoms with Crippen LogP contribution >= 0.6 is 11.6 Å². The fraction of sp³-hybridized carbons (Fsp3) is 0.381. The molecular weight excluding hydrogens is 396 g/mol. The molecule has 0 saturated heterocycles. The molecule has 2 aromatic carbocycles. The number of benzene rings is 2. The molecule has 7 heteroatoms. The lowest BCUT2D eigenvalue weighted by Crippen LogP contribution is -2.43. The van der Waals surface area contributed by atoms with Crippen molar-refractivity contribution in [3.05, 3.63) is 59.1 Å². The van der Waals surface area contributed by atoms with Gasteiger partial charge in [0.15, 0.2) is 0 Å². The maximum Gasteiger partial charge on any atom is 0.261 e. The van der Waals surface area contributed by atoms with Crippen molar-refractivity contribution in [1.82, 2.24) is 5.32 Å². The molecule has 2 aromatic rings. The van der Waals surface area contributed by atoms with E-state index in [1.54, 1.807) is 36.4 Å². The molecule has 1 saturated carbocycles. The largest absolute Gasteiger partial charge is 0.349 e. The van der Waals surface area contributed by atoms with E-state index in [0.717, 1.165) is 12.8 Å². The summed E-state index contributed by atoms with van der Waals surface area (Å²) in [4.78, 5) is 12.7. The van der Waals surface area contributed by atoms with Gasteiger partial charge in [0.05, 0.1) is 4.90 Å². The predicted octanol–water partition coefficient (Wildman–Crippen LogP) is 4.70. The second kappa shape index (κ2) is 8.53. The Kier molecular flexibility index (Phi) is 6.30. The SMILES string of the molecule is C[C@H]1[C@@H](NC(=O)c2ccc(S(=O)(=O)Nc3ccc(Cl)cc3)cc2)CCC[C@@H]1C. The average Bonchev–Trinajstić information content (AvgIpc) is 2.67. The zero-order valence-electron chi connectivity index (χ0n) is 16.0. The molecule has 3 rings (SSSR count). The van der Waals surface area contributed by atoms with Crippen LogP contribution in [0.15, 0.2) is 53.4 Å². The van der Waals surface area contributed by atoms with E-state index < -0.39 is 10.0 Å². The second-order valence-corrected chi connectivity index (χ2v) is 9.60. The number of anilines is 1. The number of carbonyl (C=O) groups excluding carboxylic acids is 1. The van der Waals surface area contributed by atoms with Crippen LogP contribution in [0.1, 0.15) is 43.5 Å². The van der Waals surface area contributed by atoms with Crippen LogP contribution in [0.2, 0.25) is 5.02 Å². The van der Waals surface area contributed by atoms with E-state index in [-0.39, 0.29) is 16.8 Å². The van der Waals surface area contributed by atoms with Crippen LogP contribution in [-0.2, 0) is 10.0 Å². The fourth-order valence-electron chi connectivity index (χ4n) is 3.55. The molecule has 0 heterocycles. The summed E-state index contributed by atoms with van der Waals surface area (Å²) >= 11 is 5.82. The number of rotatable bonds is 5. The molecule has 0 spiro atoms. The number of amides is 1. The molecule has 5 nitrogen and oxygen atoms in total. The summed E-state index contributed by atoms with van der Waals surface area (Å²) in [6, 6.07) is 12.5. The fourth-order valence-corrected chi connectivity index (χ4v) is 4.74. The molecule has 1 aliphatic rings. The Bertz CT molecular complexity index is 927. The van der Waals surface area contributed by atoms with Crippen molar-refractivity contribution in [2.45, 2.75) is 44.0 Å². The van der Waals surface area contributed by atoms with Crippen molar-refractivity contribution >= 4 is 33.2 Å². The number of sulfonamides is 1. The molecule has 0 radical (unpaired) electrons.